The normalized spacial score (nSPS) is 11.3. The maximum absolute atomic E-state index is 13.7. The van der Waals surface area contributed by atoms with Gasteiger partial charge in [0.15, 0.2) is 0 Å². The molecule has 3 rings (SSSR count). The zero-order chi connectivity index (χ0) is 19.1. The molecule has 1 heterocycles. The molecule has 0 bridgehead atoms. The second-order valence-corrected chi connectivity index (χ2v) is 5.84. The summed E-state index contributed by atoms with van der Waals surface area (Å²) < 4.78 is 18.7. The molecule has 0 amide bonds. The van der Waals surface area contributed by atoms with Gasteiger partial charge in [-0.1, -0.05) is 30.3 Å². The first-order valence-corrected chi connectivity index (χ1v) is 8.66. The molecule has 4 nitrogen and oxygen atoms in total. The third-order valence-electron chi connectivity index (χ3n) is 3.94. The highest BCUT2D eigenvalue weighted by atomic mass is 19.1. The third kappa shape index (κ3) is 4.85. The average molecular weight is 362 g/mol. The molecule has 1 aromatic heterocycles. The minimum absolute atomic E-state index is 0.111. The van der Waals surface area contributed by atoms with E-state index in [2.05, 4.69) is 4.98 Å². The van der Waals surface area contributed by atoms with Gasteiger partial charge in [0, 0.05) is 18.8 Å². The van der Waals surface area contributed by atoms with Gasteiger partial charge in [0.1, 0.15) is 5.82 Å². The van der Waals surface area contributed by atoms with Gasteiger partial charge in [0.2, 0.25) is 0 Å². The maximum atomic E-state index is 13.7. The summed E-state index contributed by atoms with van der Waals surface area (Å²) in [5.74, 6) is -1.10. The summed E-state index contributed by atoms with van der Waals surface area (Å²) >= 11 is 0. The quantitative estimate of drug-likeness (QED) is 0.469. The minimum Gasteiger partial charge on any atom is -0.462 e. The van der Waals surface area contributed by atoms with Crippen LogP contribution < -0.4 is 0 Å². The van der Waals surface area contributed by atoms with E-state index in [0.717, 1.165) is 22.9 Å². The average Bonchev–Trinajstić information content (AvgIpc) is 2.70. The highest BCUT2D eigenvalue weighted by molar-refractivity contribution is 6.05. The Morgan fingerprint density at radius 2 is 1.81 bits per heavy atom. The van der Waals surface area contributed by atoms with E-state index in [1.807, 2.05) is 42.5 Å². The fraction of sp³-hybridized carbons (Fsp3) is 0.136. The predicted octanol–water partition coefficient (Wildman–Crippen LogP) is 4.76. The second kappa shape index (κ2) is 8.85. The molecule has 0 fully saturated rings. The van der Waals surface area contributed by atoms with Crippen molar-refractivity contribution in [2.45, 2.75) is 13.3 Å². The molecule has 0 spiro atoms. The lowest BCUT2D eigenvalue weighted by Gasteiger charge is -2.10. The molecular weight excluding hydrogens is 343 g/mol. The van der Waals surface area contributed by atoms with Gasteiger partial charge in [0.25, 0.3) is 0 Å². The highest BCUT2D eigenvalue weighted by Gasteiger charge is 2.15. The molecular formula is C22H19FN2O2. The van der Waals surface area contributed by atoms with Gasteiger partial charge in [-0.25, -0.2) is 9.18 Å². The first-order chi connectivity index (χ1) is 13.2. The Labute approximate surface area is 157 Å². The van der Waals surface area contributed by atoms with Gasteiger partial charge in [-0.2, -0.15) is 0 Å². The minimum atomic E-state index is -0.591. The van der Waals surface area contributed by atoms with Crippen molar-refractivity contribution in [3.05, 3.63) is 95.6 Å². The Morgan fingerprint density at radius 3 is 2.52 bits per heavy atom. The lowest BCUT2D eigenvalue weighted by molar-refractivity contribution is 0.0527. The Hall–Kier alpha value is -3.34. The molecule has 0 aliphatic rings. The molecule has 0 aliphatic carbocycles. The lowest BCUT2D eigenvalue weighted by atomic mass is 10.0. The van der Waals surface area contributed by atoms with Gasteiger partial charge in [-0.3, -0.25) is 9.98 Å². The summed E-state index contributed by atoms with van der Waals surface area (Å²) in [5, 5.41) is 0. The summed E-state index contributed by atoms with van der Waals surface area (Å²) in [6.07, 6.45) is 3.99. The van der Waals surface area contributed by atoms with Crippen LogP contribution in [-0.2, 0) is 11.2 Å². The number of rotatable bonds is 6. The van der Waals surface area contributed by atoms with Crippen LogP contribution in [0.25, 0.3) is 0 Å². The summed E-state index contributed by atoms with van der Waals surface area (Å²) in [6.45, 7) is 1.92. The van der Waals surface area contributed by atoms with Crippen LogP contribution >= 0.6 is 0 Å². The van der Waals surface area contributed by atoms with Crippen LogP contribution in [0.15, 0.2) is 78.0 Å². The Morgan fingerprint density at radius 1 is 1.07 bits per heavy atom. The molecule has 0 atom stereocenters. The summed E-state index contributed by atoms with van der Waals surface area (Å²) in [5.41, 5.74) is 3.21. The molecule has 0 saturated heterocycles. The van der Waals surface area contributed by atoms with Crippen molar-refractivity contribution in [2.75, 3.05) is 6.61 Å². The van der Waals surface area contributed by atoms with Crippen LogP contribution in [0.4, 0.5) is 10.1 Å². The predicted molar refractivity (Wildman–Crippen MR) is 103 cm³/mol. The SMILES string of the molecule is CCOC(=O)c1cc(F)ccc1N=C(Cc1ccncc1)c1ccccc1. The third-order valence-corrected chi connectivity index (χ3v) is 3.94. The number of benzene rings is 2. The summed E-state index contributed by atoms with van der Waals surface area (Å²) in [4.78, 5) is 21.0. The molecule has 0 saturated carbocycles. The van der Waals surface area contributed by atoms with Crippen LogP contribution in [0.3, 0.4) is 0 Å². The van der Waals surface area contributed by atoms with E-state index < -0.39 is 11.8 Å². The molecule has 0 N–H and O–H groups in total. The van der Waals surface area contributed by atoms with E-state index >= 15 is 0 Å². The van der Waals surface area contributed by atoms with E-state index in [1.165, 1.54) is 12.1 Å². The number of ether oxygens (including phenoxy) is 1. The van der Waals surface area contributed by atoms with Crippen LogP contribution in [0, 0.1) is 5.82 Å². The fourth-order valence-corrected chi connectivity index (χ4v) is 2.65. The monoisotopic (exact) mass is 362 g/mol. The van der Waals surface area contributed by atoms with Crippen molar-refractivity contribution in [2.24, 2.45) is 4.99 Å². The molecule has 0 radical (unpaired) electrons. The van der Waals surface area contributed by atoms with Gasteiger partial charge in [-0.15, -0.1) is 0 Å². The fourth-order valence-electron chi connectivity index (χ4n) is 2.65. The number of carbonyl (C=O) groups excluding carboxylic acids is 1. The highest BCUT2D eigenvalue weighted by Crippen LogP contribution is 2.23. The Kier molecular flexibility index (Phi) is 6.05. The first kappa shape index (κ1) is 18.5. The molecule has 2 aromatic carbocycles. The van der Waals surface area contributed by atoms with Crippen molar-refractivity contribution in [1.29, 1.82) is 0 Å². The van der Waals surface area contributed by atoms with Crippen molar-refractivity contribution in [3.8, 4) is 0 Å². The number of esters is 1. The Bertz CT molecular complexity index is 941. The number of pyridine rings is 1. The number of aromatic nitrogens is 1. The van der Waals surface area contributed by atoms with Gasteiger partial charge in [-0.05, 0) is 48.4 Å². The molecule has 0 unspecified atom stereocenters. The van der Waals surface area contributed by atoms with Gasteiger partial charge >= 0.3 is 5.97 Å². The number of nitrogens with zero attached hydrogens (tertiary/aromatic N) is 2. The Balaban J connectivity index is 2.07. The van der Waals surface area contributed by atoms with Crippen LogP contribution in [0.5, 0.6) is 0 Å². The molecule has 3 aromatic rings. The topological polar surface area (TPSA) is 51.5 Å². The van der Waals surface area contributed by atoms with Crippen molar-refractivity contribution < 1.29 is 13.9 Å². The smallest absolute Gasteiger partial charge is 0.340 e. The van der Waals surface area contributed by atoms with E-state index in [4.69, 9.17) is 9.73 Å². The van der Waals surface area contributed by atoms with Crippen LogP contribution in [0.2, 0.25) is 0 Å². The molecule has 136 valence electrons. The lowest BCUT2D eigenvalue weighted by Crippen LogP contribution is -2.08. The van der Waals surface area contributed by atoms with E-state index in [0.29, 0.717) is 12.1 Å². The number of hydrogen-bond donors (Lipinski definition) is 0. The van der Waals surface area contributed by atoms with Crippen molar-refractivity contribution in [1.82, 2.24) is 4.98 Å². The molecule has 5 heteroatoms. The first-order valence-electron chi connectivity index (χ1n) is 8.66. The molecule has 27 heavy (non-hydrogen) atoms. The largest absolute Gasteiger partial charge is 0.462 e. The second-order valence-electron chi connectivity index (χ2n) is 5.84. The van der Waals surface area contributed by atoms with E-state index in [-0.39, 0.29) is 12.2 Å². The number of halogens is 1. The number of carbonyl (C=O) groups is 1. The zero-order valence-electron chi connectivity index (χ0n) is 14.9. The van der Waals surface area contributed by atoms with Crippen molar-refractivity contribution in [3.63, 3.8) is 0 Å². The molecule has 0 aliphatic heterocycles. The maximum Gasteiger partial charge on any atom is 0.340 e. The standard InChI is InChI=1S/C22H19FN2O2/c1-2-27-22(26)19-15-18(23)8-9-20(19)25-21(17-6-4-3-5-7-17)14-16-10-12-24-13-11-16/h3-13,15H,2,14H2,1H3. The number of aliphatic imine (C=N–C) groups is 1. The summed E-state index contributed by atoms with van der Waals surface area (Å²) in [6, 6.07) is 17.4. The van der Waals surface area contributed by atoms with Gasteiger partial charge < -0.3 is 4.74 Å². The van der Waals surface area contributed by atoms with E-state index in [1.54, 1.807) is 19.3 Å². The van der Waals surface area contributed by atoms with E-state index in [9.17, 15) is 9.18 Å². The van der Waals surface area contributed by atoms with Crippen LogP contribution in [0.1, 0.15) is 28.4 Å². The summed E-state index contributed by atoms with van der Waals surface area (Å²) in [7, 11) is 0. The van der Waals surface area contributed by atoms with Crippen LogP contribution in [-0.4, -0.2) is 23.3 Å². The van der Waals surface area contributed by atoms with Crippen molar-refractivity contribution >= 4 is 17.4 Å². The van der Waals surface area contributed by atoms with Gasteiger partial charge in [0.05, 0.1) is 23.6 Å². The zero-order valence-corrected chi connectivity index (χ0v) is 14.9. The number of hydrogen-bond acceptors (Lipinski definition) is 4.